The zero-order valence-electron chi connectivity index (χ0n) is 12.0. The smallest absolute Gasteiger partial charge is 0.132 e. The van der Waals surface area contributed by atoms with Gasteiger partial charge in [-0.3, -0.25) is 0 Å². The Morgan fingerprint density at radius 1 is 1.16 bits per heavy atom. The van der Waals surface area contributed by atoms with Crippen LogP contribution in [0.15, 0.2) is 42.6 Å². The second-order valence-electron chi connectivity index (χ2n) is 4.85. The Morgan fingerprint density at radius 2 is 1.84 bits per heavy atom. The van der Waals surface area contributed by atoms with Gasteiger partial charge in [-0.15, -0.1) is 0 Å². The molecule has 1 aromatic carbocycles. The lowest BCUT2D eigenvalue weighted by Gasteiger charge is -2.20. The number of rotatable bonds is 4. The van der Waals surface area contributed by atoms with Crippen LogP contribution in [0.4, 0.5) is 11.5 Å². The van der Waals surface area contributed by atoms with Crippen molar-refractivity contribution in [1.29, 1.82) is 0 Å². The summed E-state index contributed by atoms with van der Waals surface area (Å²) in [6.45, 7) is 4.24. The van der Waals surface area contributed by atoms with E-state index < -0.39 is 0 Å². The van der Waals surface area contributed by atoms with Crippen LogP contribution in [0, 0.1) is 6.92 Å². The van der Waals surface area contributed by atoms with Gasteiger partial charge in [0.1, 0.15) is 5.82 Å². The molecule has 100 valence electrons. The average molecular weight is 255 g/mol. The SMILES string of the molecule is CNC(C)c1ccnc(N(C)c2ccc(C)cc2)c1. The number of aromatic nitrogens is 1. The fourth-order valence-electron chi connectivity index (χ4n) is 1.95. The third-order valence-corrected chi connectivity index (χ3v) is 3.47. The third kappa shape index (κ3) is 3.12. The second kappa shape index (κ2) is 5.85. The average Bonchev–Trinajstić information content (AvgIpc) is 2.46. The molecule has 0 radical (unpaired) electrons. The first-order chi connectivity index (χ1) is 9.11. The van der Waals surface area contributed by atoms with Gasteiger partial charge in [0.15, 0.2) is 0 Å². The fraction of sp³-hybridized carbons (Fsp3) is 0.312. The molecule has 3 nitrogen and oxygen atoms in total. The van der Waals surface area contributed by atoms with E-state index in [9.17, 15) is 0 Å². The summed E-state index contributed by atoms with van der Waals surface area (Å²) in [5.41, 5.74) is 3.65. The van der Waals surface area contributed by atoms with Gasteiger partial charge in [-0.25, -0.2) is 4.98 Å². The Kier molecular flexibility index (Phi) is 4.17. The lowest BCUT2D eigenvalue weighted by atomic mass is 10.1. The molecule has 1 aromatic heterocycles. The molecule has 1 unspecified atom stereocenters. The first-order valence-corrected chi connectivity index (χ1v) is 6.55. The van der Waals surface area contributed by atoms with Crippen molar-refractivity contribution in [1.82, 2.24) is 10.3 Å². The molecular weight excluding hydrogens is 234 g/mol. The normalized spacial score (nSPS) is 12.2. The lowest BCUT2D eigenvalue weighted by molar-refractivity contribution is 0.651. The molecule has 1 N–H and O–H groups in total. The number of pyridine rings is 1. The maximum atomic E-state index is 4.45. The van der Waals surface area contributed by atoms with Crippen LogP contribution < -0.4 is 10.2 Å². The van der Waals surface area contributed by atoms with Gasteiger partial charge in [0.2, 0.25) is 0 Å². The van der Waals surface area contributed by atoms with Gasteiger partial charge in [-0.2, -0.15) is 0 Å². The van der Waals surface area contributed by atoms with E-state index in [0.29, 0.717) is 6.04 Å². The van der Waals surface area contributed by atoms with E-state index in [4.69, 9.17) is 0 Å². The summed E-state index contributed by atoms with van der Waals surface area (Å²) in [6.07, 6.45) is 1.86. The van der Waals surface area contributed by atoms with Crippen LogP contribution in [0.2, 0.25) is 0 Å². The highest BCUT2D eigenvalue weighted by Gasteiger charge is 2.08. The Balaban J connectivity index is 2.28. The van der Waals surface area contributed by atoms with Crippen molar-refractivity contribution in [3.05, 3.63) is 53.7 Å². The van der Waals surface area contributed by atoms with E-state index in [1.165, 1.54) is 11.1 Å². The molecule has 0 aliphatic rings. The standard InChI is InChI=1S/C16H21N3/c1-12-5-7-15(8-6-12)19(4)16-11-14(9-10-18-16)13(2)17-3/h5-11,13,17H,1-4H3. The molecule has 2 rings (SSSR count). The Hall–Kier alpha value is -1.87. The van der Waals surface area contributed by atoms with Crippen LogP contribution >= 0.6 is 0 Å². The summed E-state index contributed by atoms with van der Waals surface area (Å²) in [5, 5.41) is 3.25. The number of anilines is 2. The third-order valence-electron chi connectivity index (χ3n) is 3.47. The number of nitrogens with zero attached hydrogens (tertiary/aromatic N) is 2. The Bertz CT molecular complexity index is 534. The van der Waals surface area contributed by atoms with Crippen molar-refractivity contribution in [3.8, 4) is 0 Å². The van der Waals surface area contributed by atoms with Crippen molar-refractivity contribution in [3.63, 3.8) is 0 Å². The van der Waals surface area contributed by atoms with Crippen molar-refractivity contribution < 1.29 is 0 Å². The van der Waals surface area contributed by atoms with Crippen LogP contribution in [0.5, 0.6) is 0 Å². The molecular formula is C16H21N3. The monoisotopic (exact) mass is 255 g/mol. The van der Waals surface area contributed by atoms with Crippen molar-refractivity contribution in [2.45, 2.75) is 19.9 Å². The molecule has 3 heteroatoms. The summed E-state index contributed by atoms with van der Waals surface area (Å²) >= 11 is 0. The van der Waals surface area contributed by atoms with Gasteiger partial charge >= 0.3 is 0 Å². The van der Waals surface area contributed by atoms with Crippen molar-refractivity contribution in [2.24, 2.45) is 0 Å². The summed E-state index contributed by atoms with van der Waals surface area (Å²) < 4.78 is 0. The quantitative estimate of drug-likeness (QED) is 0.907. The predicted octanol–water partition coefficient (Wildman–Crippen LogP) is 3.44. The molecule has 2 aromatic rings. The first-order valence-electron chi connectivity index (χ1n) is 6.55. The molecule has 1 atom stereocenters. The Morgan fingerprint density at radius 3 is 2.47 bits per heavy atom. The van der Waals surface area contributed by atoms with E-state index in [0.717, 1.165) is 11.5 Å². The topological polar surface area (TPSA) is 28.2 Å². The number of hydrogen-bond donors (Lipinski definition) is 1. The molecule has 0 amide bonds. The molecule has 0 bridgehead atoms. The van der Waals surface area contributed by atoms with Gasteiger partial charge in [-0.05, 0) is 50.7 Å². The molecule has 0 saturated heterocycles. The minimum absolute atomic E-state index is 0.327. The van der Waals surface area contributed by atoms with Crippen LogP contribution in [0.1, 0.15) is 24.1 Å². The van der Waals surface area contributed by atoms with Crippen LogP contribution in [0.3, 0.4) is 0 Å². The van der Waals surface area contributed by atoms with Crippen molar-refractivity contribution >= 4 is 11.5 Å². The number of benzene rings is 1. The van der Waals surface area contributed by atoms with E-state index in [-0.39, 0.29) is 0 Å². The van der Waals surface area contributed by atoms with Crippen molar-refractivity contribution in [2.75, 3.05) is 19.0 Å². The number of nitrogens with one attached hydrogen (secondary N) is 1. The minimum atomic E-state index is 0.327. The molecule has 0 fully saturated rings. The number of hydrogen-bond acceptors (Lipinski definition) is 3. The van der Waals surface area contributed by atoms with E-state index in [1.807, 2.05) is 26.4 Å². The zero-order chi connectivity index (χ0) is 13.8. The van der Waals surface area contributed by atoms with Gasteiger partial charge in [0, 0.05) is 25.0 Å². The zero-order valence-corrected chi connectivity index (χ0v) is 12.0. The van der Waals surface area contributed by atoms with Crippen LogP contribution in [0.25, 0.3) is 0 Å². The van der Waals surface area contributed by atoms with Gasteiger partial charge in [0.05, 0.1) is 0 Å². The number of aryl methyl sites for hydroxylation is 1. The van der Waals surface area contributed by atoms with Gasteiger partial charge < -0.3 is 10.2 Å². The largest absolute Gasteiger partial charge is 0.329 e. The van der Waals surface area contributed by atoms with Gasteiger partial charge in [-0.1, -0.05) is 17.7 Å². The van der Waals surface area contributed by atoms with Gasteiger partial charge in [0.25, 0.3) is 0 Å². The molecule has 1 heterocycles. The fourth-order valence-corrected chi connectivity index (χ4v) is 1.95. The summed E-state index contributed by atoms with van der Waals surface area (Å²) in [6, 6.07) is 13.0. The summed E-state index contributed by atoms with van der Waals surface area (Å²) in [5.74, 6) is 0.962. The first kappa shape index (κ1) is 13.6. The minimum Gasteiger partial charge on any atom is -0.329 e. The summed E-state index contributed by atoms with van der Waals surface area (Å²) in [7, 11) is 4.01. The van der Waals surface area contributed by atoms with Crippen LogP contribution in [-0.4, -0.2) is 19.1 Å². The molecule has 0 spiro atoms. The molecule has 0 aliphatic heterocycles. The van der Waals surface area contributed by atoms with Crippen LogP contribution in [-0.2, 0) is 0 Å². The van der Waals surface area contributed by atoms with E-state index >= 15 is 0 Å². The lowest BCUT2D eigenvalue weighted by Crippen LogP contribution is -2.15. The maximum absolute atomic E-state index is 4.45. The highest BCUT2D eigenvalue weighted by atomic mass is 15.2. The maximum Gasteiger partial charge on any atom is 0.132 e. The van der Waals surface area contributed by atoms with E-state index in [1.54, 1.807) is 0 Å². The second-order valence-corrected chi connectivity index (χ2v) is 4.85. The molecule has 0 aliphatic carbocycles. The molecule has 0 saturated carbocycles. The molecule has 19 heavy (non-hydrogen) atoms. The van der Waals surface area contributed by atoms with E-state index in [2.05, 4.69) is 59.4 Å². The predicted molar refractivity (Wildman–Crippen MR) is 81.0 cm³/mol. The summed E-state index contributed by atoms with van der Waals surface area (Å²) in [4.78, 5) is 6.56. The Labute approximate surface area is 115 Å². The highest BCUT2D eigenvalue weighted by Crippen LogP contribution is 2.24. The highest BCUT2D eigenvalue weighted by molar-refractivity contribution is 5.59.